The number of alkyl halides is 2. The minimum atomic E-state index is -2.99. The highest BCUT2D eigenvalue weighted by atomic mass is 19.3. The van der Waals surface area contributed by atoms with Gasteiger partial charge >= 0.3 is 12.4 Å². The quantitative estimate of drug-likeness (QED) is 0.720. The molecule has 4 nitrogen and oxygen atoms in total. The first kappa shape index (κ1) is 10.9. The molecule has 1 aliphatic rings. The Balaban J connectivity index is 2.43. The van der Waals surface area contributed by atoms with E-state index in [1.54, 1.807) is 0 Å². The molecule has 1 heterocycles. The Morgan fingerprint density at radius 3 is 2.14 bits per heavy atom. The van der Waals surface area contributed by atoms with Crippen LogP contribution >= 0.6 is 0 Å². The topological polar surface area (TPSA) is 57.6 Å². The van der Waals surface area contributed by atoms with Gasteiger partial charge in [-0.3, -0.25) is 9.59 Å². The van der Waals surface area contributed by atoms with Crippen molar-refractivity contribution in [1.82, 2.24) is 4.90 Å². The number of nitrogens with zero attached hydrogens (tertiary/aromatic N) is 1. The predicted octanol–water partition coefficient (Wildman–Crippen LogP) is 0.575. The monoisotopic (exact) mass is 207 g/mol. The third kappa shape index (κ3) is 2.40. The van der Waals surface area contributed by atoms with Gasteiger partial charge in [-0.2, -0.15) is 8.78 Å². The lowest BCUT2D eigenvalue weighted by Gasteiger charge is -2.29. The van der Waals surface area contributed by atoms with E-state index in [4.69, 9.17) is 5.11 Å². The van der Waals surface area contributed by atoms with Gasteiger partial charge in [0, 0.05) is 13.1 Å². The first-order valence-corrected chi connectivity index (χ1v) is 4.32. The summed E-state index contributed by atoms with van der Waals surface area (Å²) >= 11 is 0. The van der Waals surface area contributed by atoms with E-state index < -0.39 is 24.2 Å². The van der Waals surface area contributed by atoms with E-state index >= 15 is 0 Å². The van der Waals surface area contributed by atoms with Crippen LogP contribution in [0.5, 0.6) is 0 Å². The average Bonchev–Trinajstić information content (AvgIpc) is 2.16. The first-order chi connectivity index (χ1) is 6.52. The van der Waals surface area contributed by atoms with E-state index in [1.807, 2.05) is 0 Å². The first-order valence-electron chi connectivity index (χ1n) is 4.32. The van der Waals surface area contributed by atoms with Crippen LogP contribution in [0.2, 0.25) is 0 Å². The molecule has 0 bridgehead atoms. The Bertz CT molecular complexity index is 237. The summed E-state index contributed by atoms with van der Waals surface area (Å²) in [6.07, 6.45) is -2.47. The summed E-state index contributed by atoms with van der Waals surface area (Å²) in [5.41, 5.74) is 0. The van der Waals surface area contributed by atoms with Crippen LogP contribution in [0.15, 0.2) is 0 Å². The van der Waals surface area contributed by atoms with Crippen LogP contribution in [0.4, 0.5) is 8.78 Å². The van der Waals surface area contributed by atoms with Gasteiger partial charge in [0.1, 0.15) is 0 Å². The molecular weight excluding hydrogens is 196 g/mol. The summed E-state index contributed by atoms with van der Waals surface area (Å²) in [7, 11) is 0. The van der Waals surface area contributed by atoms with Crippen molar-refractivity contribution in [3.05, 3.63) is 0 Å². The number of hydrogen-bond donors (Lipinski definition) is 1. The lowest BCUT2D eigenvalue weighted by molar-refractivity contribution is -0.149. The molecule has 1 amide bonds. The van der Waals surface area contributed by atoms with Crippen molar-refractivity contribution in [2.45, 2.75) is 19.3 Å². The Morgan fingerprint density at radius 1 is 1.29 bits per heavy atom. The molecule has 14 heavy (non-hydrogen) atoms. The number of piperidine rings is 1. The molecule has 1 fully saturated rings. The van der Waals surface area contributed by atoms with E-state index in [0.29, 0.717) is 0 Å². The van der Waals surface area contributed by atoms with E-state index in [9.17, 15) is 18.4 Å². The fourth-order valence-electron chi connectivity index (χ4n) is 1.48. The van der Waals surface area contributed by atoms with Crippen LogP contribution < -0.4 is 0 Å². The molecule has 0 atom stereocenters. The minimum absolute atomic E-state index is 0.111. The molecule has 0 aliphatic carbocycles. The van der Waals surface area contributed by atoms with Crippen molar-refractivity contribution in [2.24, 2.45) is 5.92 Å². The second-order valence-corrected chi connectivity index (χ2v) is 3.24. The summed E-state index contributed by atoms with van der Waals surface area (Å²) in [5.74, 6) is -2.63. The maximum absolute atomic E-state index is 12.0. The van der Waals surface area contributed by atoms with Crippen molar-refractivity contribution in [3.63, 3.8) is 0 Å². The lowest BCUT2D eigenvalue weighted by atomic mass is 9.97. The molecule has 0 aromatic heterocycles. The van der Waals surface area contributed by atoms with Gasteiger partial charge in [0.05, 0.1) is 5.92 Å². The van der Waals surface area contributed by atoms with Gasteiger partial charge in [0.15, 0.2) is 0 Å². The van der Waals surface area contributed by atoms with Crippen molar-refractivity contribution in [1.29, 1.82) is 0 Å². The normalized spacial score (nSPS) is 18.6. The van der Waals surface area contributed by atoms with Crippen molar-refractivity contribution < 1.29 is 23.5 Å². The zero-order valence-electron chi connectivity index (χ0n) is 7.45. The number of likely N-dealkylation sites (tertiary alicyclic amines) is 1. The second-order valence-electron chi connectivity index (χ2n) is 3.24. The SMILES string of the molecule is O=C(O)C1CCN(C(=O)C(F)F)CC1. The third-order valence-electron chi connectivity index (χ3n) is 2.34. The molecule has 1 aliphatic heterocycles. The second kappa shape index (κ2) is 4.34. The number of carbonyl (C=O) groups is 2. The van der Waals surface area contributed by atoms with Crippen molar-refractivity contribution >= 4 is 11.9 Å². The molecule has 0 saturated carbocycles. The maximum Gasteiger partial charge on any atom is 0.315 e. The van der Waals surface area contributed by atoms with Crippen LogP contribution in [0.1, 0.15) is 12.8 Å². The number of aliphatic carboxylic acids is 1. The number of carbonyl (C=O) groups excluding carboxylic acids is 1. The van der Waals surface area contributed by atoms with E-state index in [-0.39, 0.29) is 25.9 Å². The van der Waals surface area contributed by atoms with Crippen LogP contribution in [0.3, 0.4) is 0 Å². The molecule has 1 saturated heterocycles. The van der Waals surface area contributed by atoms with Gasteiger partial charge in [-0.05, 0) is 12.8 Å². The number of halogens is 2. The molecule has 1 N–H and O–H groups in total. The molecule has 80 valence electrons. The van der Waals surface area contributed by atoms with Crippen molar-refractivity contribution in [2.75, 3.05) is 13.1 Å². The summed E-state index contributed by atoms with van der Waals surface area (Å²) < 4.78 is 23.9. The van der Waals surface area contributed by atoms with Crippen LogP contribution in [0, 0.1) is 5.92 Å². The molecule has 6 heteroatoms. The number of carboxylic acid groups (broad SMARTS) is 1. The molecular formula is C8H11F2NO3. The highest BCUT2D eigenvalue weighted by Gasteiger charge is 2.30. The third-order valence-corrected chi connectivity index (χ3v) is 2.34. The summed E-state index contributed by atoms with van der Waals surface area (Å²) in [4.78, 5) is 22.3. The number of amides is 1. The molecule has 0 unspecified atom stereocenters. The Morgan fingerprint density at radius 2 is 1.79 bits per heavy atom. The molecule has 0 spiro atoms. The largest absolute Gasteiger partial charge is 0.481 e. The fraction of sp³-hybridized carbons (Fsp3) is 0.750. The minimum Gasteiger partial charge on any atom is -0.481 e. The van der Waals surface area contributed by atoms with E-state index in [0.717, 1.165) is 4.90 Å². The number of rotatable bonds is 2. The number of hydrogen-bond acceptors (Lipinski definition) is 2. The van der Waals surface area contributed by atoms with E-state index in [1.165, 1.54) is 0 Å². The van der Waals surface area contributed by atoms with Gasteiger partial charge in [0.2, 0.25) is 0 Å². The summed E-state index contributed by atoms with van der Waals surface area (Å²) in [6, 6.07) is 0. The predicted molar refractivity (Wildman–Crippen MR) is 42.9 cm³/mol. The summed E-state index contributed by atoms with van der Waals surface area (Å²) in [5, 5.41) is 8.62. The highest BCUT2D eigenvalue weighted by molar-refractivity contribution is 5.79. The standard InChI is InChI=1S/C8H11F2NO3/c9-6(10)7(12)11-3-1-5(2-4-11)8(13)14/h5-6H,1-4H2,(H,13,14). The molecule has 0 aromatic rings. The van der Waals surface area contributed by atoms with Gasteiger partial charge in [-0.15, -0.1) is 0 Å². The fourth-order valence-corrected chi connectivity index (χ4v) is 1.48. The lowest BCUT2D eigenvalue weighted by Crippen LogP contribution is -2.42. The zero-order valence-corrected chi connectivity index (χ0v) is 7.45. The van der Waals surface area contributed by atoms with Crippen LogP contribution in [0.25, 0.3) is 0 Å². The van der Waals surface area contributed by atoms with Gasteiger partial charge < -0.3 is 10.0 Å². The molecule has 1 rings (SSSR count). The van der Waals surface area contributed by atoms with Gasteiger partial charge in [-0.1, -0.05) is 0 Å². The van der Waals surface area contributed by atoms with Crippen molar-refractivity contribution in [3.8, 4) is 0 Å². The zero-order chi connectivity index (χ0) is 10.7. The highest BCUT2D eigenvalue weighted by Crippen LogP contribution is 2.18. The van der Waals surface area contributed by atoms with E-state index in [2.05, 4.69) is 0 Å². The average molecular weight is 207 g/mol. The smallest absolute Gasteiger partial charge is 0.315 e. The number of carboxylic acids is 1. The van der Waals surface area contributed by atoms with Crippen LogP contribution in [-0.4, -0.2) is 41.4 Å². The Hall–Kier alpha value is -1.20. The van der Waals surface area contributed by atoms with Crippen LogP contribution in [-0.2, 0) is 9.59 Å². The Kier molecular flexibility index (Phi) is 3.38. The van der Waals surface area contributed by atoms with Gasteiger partial charge in [0.25, 0.3) is 5.91 Å². The summed E-state index contributed by atoms with van der Waals surface area (Å²) in [6.45, 7) is 0.223. The molecule has 0 radical (unpaired) electrons. The maximum atomic E-state index is 12.0. The molecule has 0 aromatic carbocycles. The van der Waals surface area contributed by atoms with Gasteiger partial charge in [-0.25, -0.2) is 0 Å². The Labute approximate surface area is 79.5 Å².